The summed E-state index contributed by atoms with van der Waals surface area (Å²) >= 11 is 13.3. The van der Waals surface area contributed by atoms with Gasteiger partial charge in [-0.25, -0.2) is 8.42 Å². The number of esters is 1. The Bertz CT molecular complexity index is 1880. The zero-order chi connectivity index (χ0) is 38.8. The lowest BCUT2D eigenvalue weighted by Gasteiger charge is -2.26. The third-order valence-electron chi connectivity index (χ3n) is 8.46. The summed E-state index contributed by atoms with van der Waals surface area (Å²) in [6.07, 6.45) is 3.17. The van der Waals surface area contributed by atoms with Gasteiger partial charge in [0.25, 0.3) is 0 Å². The minimum absolute atomic E-state index is 0.00556. The topological polar surface area (TPSA) is 157 Å². The van der Waals surface area contributed by atoms with E-state index in [0.717, 1.165) is 38.3 Å². The van der Waals surface area contributed by atoms with Gasteiger partial charge in [0.2, 0.25) is 15.1 Å². The van der Waals surface area contributed by atoms with E-state index >= 15 is 0 Å². The zero-order valence-electron chi connectivity index (χ0n) is 29.1. The number of pyridine rings is 1. The SMILES string of the molecule is COc1ccc(C(=O)SCC(=O)O[C@@H](Cc2c(Cl)c[n+]([O-])cc2Cl)c2ccc(OC(F)F)c(OCC3CC3)c2)cc1NS(=O)(=O)CCCN1CCOCC1. The summed E-state index contributed by atoms with van der Waals surface area (Å²) < 4.78 is 82.0. The van der Waals surface area contributed by atoms with Crippen molar-refractivity contribution in [1.29, 1.82) is 0 Å². The molecule has 2 fully saturated rings. The number of methoxy groups -OCH3 is 1. The van der Waals surface area contributed by atoms with Gasteiger partial charge in [0.05, 0.1) is 44.1 Å². The Kier molecular flexibility index (Phi) is 14.9. The molecule has 5 rings (SSSR count). The van der Waals surface area contributed by atoms with Crippen LogP contribution in [0.2, 0.25) is 10.0 Å². The van der Waals surface area contributed by atoms with Gasteiger partial charge in [-0.05, 0) is 67.6 Å². The lowest BCUT2D eigenvalue weighted by molar-refractivity contribution is -0.605. The minimum Gasteiger partial charge on any atom is -0.619 e. The van der Waals surface area contributed by atoms with Crippen molar-refractivity contribution in [3.05, 3.63) is 80.7 Å². The molecule has 2 heterocycles. The molecule has 13 nitrogen and oxygen atoms in total. The molecule has 19 heteroatoms. The number of hydrogen-bond donors (Lipinski definition) is 1. The second kappa shape index (κ2) is 19.3. The fourth-order valence-corrected chi connectivity index (χ4v) is 7.81. The summed E-state index contributed by atoms with van der Waals surface area (Å²) in [6, 6.07) is 8.30. The molecule has 2 aliphatic rings. The second-order valence-electron chi connectivity index (χ2n) is 12.5. The van der Waals surface area contributed by atoms with Crippen LogP contribution in [0.15, 0.2) is 48.8 Å². The van der Waals surface area contributed by atoms with Crippen molar-refractivity contribution in [2.75, 3.05) is 62.8 Å². The van der Waals surface area contributed by atoms with Crippen molar-refractivity contribution in [3.63, 3.8) is 0 Å². The number of nitrogens with zero attached hydrogens (tertiary/aromatic N) is 2. The Labute approximate surface area is 325 Å². The highest BCUT2D eigenvalue weighted by molar-refractivity contribution is 8.14. The number of benzene rings is 2. The van der Waals surface area contributed by atoms with Crippen molar-refractivity contribution in [2.24, 2.45) is 5.92 Å². The highest BCUT2D eigenvalue weighted by atomic mass is 35.5. The average Bonchev–Trinajstić information content (AvgIpc) is 3.96. The number of aromatic nitrogens is 1. The molecule has 0 amide bonds. The molecule has 1 saturated carbocycles. The molecule has 0 bridgehead atoms. The second-order valence-corrected chi connectivity index (χ2v) is 16.1. The monoisotopic (exact) mass is 833 g/mol. The number of carbonyl (C=O) groups is 2. The number of anilines is 1. The quantitative estimate of drug-likeness (QED) is 0.0870. The highest BCUT2D eigenvalue weighted by Crippen LogP contribution is 2.38. The fraction of sp³-hybridized carbons (Fsp3) is 0.457. The van der Waals surface area contributed by atoms with Crippen LogP contribution in [0.25, 0.3) is 0 Å². The van der Waals surface area contributed by atoms with Gasteiger partial charge >= 0.3 is 12.6 Å². The summed E-state index contributed by atoms with van der Waals surface area (Å²) in [6.45, 7) is 0.423. The average molecular weight is 835 g/mol. The van der Waals surface area contributed by atoms with Gasteiger partial charge in [0, 0.05) is 30.6 Å². The number of morpholine rings is 1. The fourth-order valence-electron chi connectivity index (χ4n) is 5.50. The van der Waals surface area contributed by atoms with Crippen molar-refractivity contribution >= 4 is 61.8 Å². The first-order valence-corrected chi connectivity index (χ1v) is 20.3. The highest BCUT2D eigenvalue weighted by Gasteiger charge is 2.27. The molecule has 1 aromatic heterocycles. The summed E-state index contributed by atoms with van der Waals surface area (Å²) in [7, 11) is -2.43. The first kappa shape index (κ1) is 41.6. The number of hydrogen-bond acceptors (Lipinski definition) is 12. The van der Waals surface area contributed by atoms with Crippen LogP contribution in [0.3, 0.4) is 0 Å². The van der Waals surface area contributed by atoms with Gasteiger partial charge in [-0.15, -0.1) is 0 Å². The van der Waals surface area contributed by atoms with Crippen molar-refractivity contribution < 1.29 is 55.2 Å². The Morgan fingerprint density at radius 3 is 2.44 bits per heavy atom. The van der Waals surface area contributed by atoms with E-state index in [1.54, 1.807) is 0 Å². The van der Waals surface area contributed by atoms with Crippen molar-refractivity contribution in [3.8, 4) is 17.2 Å². The maximum absolute atomic E-state index is 13.3. The van der Waals surface area contributed by atoms with Crippen molar-refractivity contribution in [2.45, 2.75) is 38.4 Å². The molecule has 1 saturated heterocycles. The molecule has 1 atom stereocenters. The van der Waals surface area contributed by atoms with Crippen molar-refractivity contribution in [1.82, 2.24) is 4.90 Å². The first-order chi connectivity index (χ1) is 25.8. The molecule has 0 radical (unpaired) electrons. The molecule has 54 heavy (non-hydrogen) atoms. The molecule has 1 N–H and O–H groups in total. The normalized spacial score (nSPS) is 15.4. The minimum atomic E-state index is -3.80. The van der Waals surface area contributed by atoms with Gasteiger partial charge in [0.15, 0.2) is 23.9 Å². The number of nitrogens with one attached hydrogen (secondary N) is 1. The lowest BCUT2D eigenvalue weighted by atomic mass is 10.0. The van der Waals surface area contributed by atoms with E-state index in [1.807, 2.05) is 0 Å². The summed E-state index contributed by atoms with van der Waals surface area (Å²) in [5.74, 6) is -1.17. The van der Waals surface area contributed by atoms with Gasteiger partial charge in [-0.2, -0.15) is 13.5 Å². The third-order valence-corrected chi connectivity index (χ3v) is 11.3. The summed E-state index contributed by atoms with van der Waals surface area (Å²) in [5.41, 5.74) is 0.745. The van der Waals surface area contributed by atoms with Gasteiger partial charge in [-0.3, -0.25) is 19.2 Å². The Hall–Kier alpha value is -3.61. The van der Waals surface area contributed by atoms with Crippen LogP contribution in [0, 0.1) is 11.1 Å². The Morgan fingerprint density at radius 2 is 1.78 bits per heavy atom. The number of thioether (sulfide) groups is 1. The van der Waals surface area contributed by atoms with E-state index in [4.69, 9.17) is 42.1 Å². The molecule has 294 valence electrons. The number of alkyl halides is 2. The van der Waals surface area contributed by atoms with Crippen LogP contribution < -0.4 is 23.7 Å². The number of carbonyl (C=O) groups excluding carboxylic acids is 2. The third kappa shape index (κ3) is 12.5. The molecule has 2 aromatic carbocycles. The van der Waals surface area contributed by atoms with Crippen LogP contribution in [0.5, 0.6) is 17.2 Å². The van der Waals surface area contributed by atoms with Crippen LogP contribution in [0.4, 0.5) is 14.5 Å². The van der Waals surface area contributed by atoms with E-state index in [2.05, 4.69) is 14.4 Å². The molecule has 3 aromatic rings. The summed E-state index contributed by atoms with van der Waals surface area (Å²) in [4.78, 5) is 28.6. The van der Waals surface area contributed by atoms with E-state index in [0.29, 0.717) is 48.2 Å². The first-order valence-electron chi connectivity index (χ1n) is 16.9. The number of ether oxygens (including phenoxy) is 5. The molecular weight excluding hydrogens is 795 g/mol. The van der Waals surface area contributed by atoms with E-state index in [-0.39, 0.29) is 68.8 Å². The number of sulfonamides is 1. The van der Waals surface area contributed by atoms with E-state index < -0.39 is 39.6 Å². The molecule has 1 aliphatic carbocycles. The predicted octanol–water partition coefficient (Wildman–Crippen LogP) is 5.89. The number of halogens is 4. The molecular formula is C35H39Cl2F2N3O10S2. The lowest BCUT2D eigenvalue weighted by Crippen LogP contribution is -2.37. The van der Waals surface area contributed by atoms with E-state index in [1.165, 1.54) is 43.5 Å². The van der Waals surface area contributed by atoms with Gasteiger partial charge < -0.3 is 28.9 Å². The van der Waals surface area contributed by atoms with Crippen LogP contribution in [-0.4, -0.2) is 89.1 Å². The number of rotatable bonds is 19. The van der Waals surface area contributed by atoms with Crippen LogP contribution >= 0.6 is 35.0 Å². The Balaban J connectivity index is 1.28. The zero-order valence-corrected chi connectivity index (χ0v) is 32.3. The van der Waals surface area contributed by atoms with Crippen LogP contribution in [0.1, 0.15) is 46.9 Å². The molecule has 0 unspecified atom stereocenters. The van der Waals surface area contributed by atoms with Gasteiger partial charge in [0.1, 0.15) is 21.9 Å². The Morgan fingerprint density at radius 1 is 1.07 bits per heavy atom. The van der Waals surface area contributed by atoms with Gasteiger partial charge in [-0.1, -0.05) is 41.0 Å². The smallest absolute Gasteiger partial charge is 0.387 e. The molecule has 1 aliphatic heterocycles. The van der Waals surface area contributed by atoms with E-state index in [9.17, 15) is 32.0 Å². The van der Waals surface area contributed by atoms with Crippen LogP contribution in [-0.2, 0) is 30.7 Å². The summed E-state index contributed by atoms with van der Waals surface area (Å²) in [5, 5.41) is 11.3. The largest absolute Gasteiger partial charge is 0.619 e. The maximum atomic E-state index is 13.3. The predicted molar refractivity (Wildman–Crippen MR) is 198 cm³/mol. The maximum Gasteiger partial charge on any atom is 0.387 e. The standard InChI is InChI=1S/C35H39Cl2F2N3O10S2/c1-48-29-7-6-24(15-28(29)40-54(46,47)14-2-9-41-10-12-49-13-11-41)34(44)53-21-33(43)51-31(17-25-26(36)18-42(45)19-27(25)37)23-5-8-30(52-35(38)39)32(16-23)50-20-22-3-4-22/h5-8,15-16,18-19,22,31,35,40H,2-4,9-14,17,20-21H2,1H3/t31-/m0/s1. The molecule has 0 spiro atoms.